The normalized spacial score (nSPS) is 12.9. The number of hydrogen-bond acceptors (Lipinski definition) is 3. The van der Waals surface area contributed by atoms with Crippen LogP contribution in [0.4, 0.5) is 0 Å². The van der Waals surface area contributed by atoms with E-state index in [9.17, 15) is 8.76 Å². The lowest BCUT2D eigenvalue weighted by molar-refractivity contribution is 0.523. The van der Waals surface area contributed by atoms with E-state index in [-0.39, 0.29) is 6.54 Å². The molecule has 0 saturated heterocycles. The highest BCUT2D eigenvalue weighted by molar-refractivity contribution is 7.77. The van der Waals surface area contributed by atoms with E-state index in [0.717, 1.165) is 10.9 Å². The van der Waals surface area contributed by atoms with Gasteiger partial charge in [0.2, 0.25) is 0 Å². The van der Waals surface area contributed by atoms with Crippen molar-refractivity contribution in [2.75, 3.05) is 0 Å². The van der Waals surface area contributed by atoms with Crippen LogP contribution in [0.1, 0.15) is 5.56 Å². The molecular weight excluding hydrogens is 248 g/mol. The zero-order chi connectivity index (χ0) is 11.5. The number of fused-ring (bicyclic) bond motifs is 1. The predicted octanol–water partition coefficient (Wildman–Crippen LogP) is 1.77. The third-order valence-electron chi connectivity index (χ3n) is 2.19. The minimum atomic E-state index is -2.27. The summed E-state index contributed by atoms with van der Waals surface area (Å²) in [6.07, 6.45) is 1.65. The lowest BCUT2D eigenvalue weighted by Gasteiger charge is -2.10. The van der Waals surface area contributed by atoms with Gasteiger partial charge in [0.1, 0.15) is 0 Å². The summed E-state index contributed by atoms with van der Waals surface area (Å²) in [5.41, 5.74) is 1.52. The molecule has 2 rings (SSSR count). The van der Waals surface area contributed by atoms with Crippen LogP contribution in [-0.2, 0) is 17.8 Å². The fourth-order valence-corrected chi connectivity index (χ4v) is 1.97. The molecule has 0 fully saturated rings. The van der Waals surface area contributed by atoms with Crippen molar-refractivity contribution in [2.45, 2.75) is 6.54 Å². The van der Waals surface area contributed by atoms with Gasteiger partial charge in [-0.05, 0) is 17.7 Å². The first-order valence-corrected chi connectivity index (χ1v) is 5.98. The maximum absolute atomic E-state index is 10.4. The highest BCUT2D eigenvalue weighted by Crippen LogP contribution is 2.24. The van der Waals surface area contributed by atoms with Crippen molar-refractivity contribution in [3.05, 3.63) is 41.0 Å². The van der Waals surface area contributed by atoms with Gasteiger partial charge in [-0.25, -0.2) is 4.72 Å². The average molecular weight is 256 g/mol. The SMILES string of the molecule is O=S([O-])NCc1ccc(Cl)c2ncccc12. The molecule has 16 heavy (non-hydrogen) atoms. The zero-order valence-corrected chi connectivity index (χ0v) is 9.72. The number of hydrogen-bond donors (Lipinski definition) is 1. The Morgan fingerprint density at radius 1 is 1.44 bits per heavy atom. The van der Waals surface area contributed by atoms with E-state index in [1.54, 1.807) is 24.4 Å². The number of rotatable bonds is 3. The summed E-state index contributed by atoms with van der Waals surface area (Å²) in [4.78, 5) is 4.15. The van der Waals surface area contributed by atoms with Crippen molar-refractivity contribution in [3.8, 4) is 0 Å². The maximum Gasteiger partial charge on any atom is 0.0891 e. The molecule has 0 bridgehead atoms. The van der Waals surface area contributed by atoms with Gasteiger partial charge in [0.15, 0.2) is 0 Å². The van der Waals surface area contributed by atoms with Crippen LogP contribution in [0.5, 0.6) is 0 Å². The number of nitrogens with zero attached hydrogens (tertiary/aromatic N) is 1. The molecule has 0 saturated carbocycles. The number of aromatic nitrogens is 1. The van der Waals surface area contributed by atoms with Gasteiger partial charge < -0.3 is 4.55 Å². The molecule has 84 valence electrons. The van der Waals surface area contributed by atoms with Gasteiger partial charge in [-0.3, -0.25) is 9.19 Å². The predicted molar refractivity (Wildman–Crippen MR) is 62.5 cm³/mol. The van der Waals surface area contributed by atoms with Gasteiger partial charge >= 0.3 is 0 Å². The minimum absolute atomic E-state index is 0.232. The molecule has 1 aromatic heterocycles. The van der Waals surface area contributed by atoms with Crippen molar-refractivity contribution in [1.29, 1.82) is 0 Å². The molecule has 2 aromatic rings. The Labute approximate surface area is 100 Å². The van der Waals surface area contributed by atoms with Crippen LogP contribution in [0.25, 0.3) is 10.9 Å². The molecule has 0 aliphatic carbocycles. The lowest BCUT2D eigenvalue weighted by atomic mass is 10.1. The van der Waals surface area contributed by atoms with Crippen molar-refractivity contribution in [2.24, 2.45) is 0 Å². The number of halogens is 1. The molecule has 0 spiro atoms. The lowest BCUT2D eigenvalue weighted by Crippen LogP contribution is -2.15. The molecule has 6 heteroatoms. The first-order valence-electron chi connectivity index (χ1n) is 4.53. The van der Waals surface area contributed by atoms with Crippen LogP contribution < -0.4 is 4.72 Å². The molecular formula is C10H8ClN2O2S-. The Morgan fingerprint density at radius 2 is 2.25 bits per heavy atom. The Kier molecular flexibility index (Phi) is 3.50. The molecule has 0 amide bonds. The Balaban J connectivity index is 2.46. The second kappa shape index (κ2) is 4.88. The molecule has 1 aromatic carbocycles. The van der Waals surface area contributed by atoms with E-state index in [1.807, 2.05) is 6.07 Å². The van der Waals surface area contributed by atoms with E-state index in [4.69, 9.17) is 11.6 Å². The van der Waals surface area contributed by atoms with Gasteiger partial charge in [-0.1, -0.05) is 23.7 Å². The third kappa shape index (κ3) is 2.38. The molecule has 0 aliphatic rings. The first kappa shape index (κ1) is 11.5. The summed E-state index contributed by atoms with van der Waals surface area (Å²) >= 11 is 3.72. The van der Waals surface area contributed by atoms with Gasteiger partial charge in [0, 0.05) is 29.4 Å². The van der Waals surface area contributed by atoms with Crippen molar-refractivity contribution in [3.63, 3.8) is 0 Å². The standard InChI is InChI=1S/C10H9ClN2O2S/c11-9-4-3-7(6-13-16(14)15)8-2-1-5-12-10(8)9/h1-5,13H,6H2,(H,14,15)/p-1. The Morgan fingerprint density at radius 3 is 3.00 bits per heavy atom. The summed E-state index contributed by atoms with van der Waals surface area (Å²) in [6, 6.07) is 7.14. The summed E-state index contributed by atoms with van der Waals surface area (Å²) < 4.78 is 23.2. The summed E-state index contributed by atoms with van der Waals surface area (Å²) in [5, 5.41) is 1.41. The van der Waals surface area contributed by atoms with E-state index in [2.05, 4.69) is 9.71 Å². The van der Waals surface area contributed by atoms with Crippen molar-refractivity contribution >= 4 is 33.8 Å². The largest absolute Gasteiger partial charge is 0.760 e. The first-order chi connectivity index (χ1) is 7.68. The molecule has 1 unspecified atom stereocenters. The van der Waals surface area contributed by atoms with Crippen LogP contribution >= 0.6 is 11.6 Å². The van der Waals surface area contributed by atoms with Crippen LogP contribution in [-0.4, -0.2) is 13.7 Å². The smallest absolute Gasteiger partial charge is 0.0891 e. The quantitative estimate of drug-likeness (QED) is 0.850. The molecule has 0 radical (unpaired) electrons. The molecule has 1 heterocycles. The molecule has 0 aliphatic heterocycles. The topological polar surface area (TPSA) is 65.0 Å². The van der Waals surface area contributed by atoms with Gasteiger partial charge in [0.25, 0.3) is 0 Å². The summed E-state index contributed by atoms with van der Waals surface area (Å²) in [5.74, 6) is 0. The second-order valence-corrected chi connectivity index (χ2v) is 4.33. The van der Waals surface area contributed by atoms with Gasteiger partial charge in [-0.15, -0.1) is 0 Å². The number of benzene rings is 1. The number of pyridine rings is 1. The molecule has 1 N–H and O–H groups in total. The van der Waals surface area contributed by atoms with E-state index in [0.29, 0.717) is 10.5 Å². The van der Waals surface area contributed by atoms with Crippen LogP contribution in [0.15, 0.2) is 30.5 Å². The van der Waals surface area contributed by atoms with Crippen molar-refractivity contribution in [1.82, 2.24) is 9.71 Å². The molecule has 1 atom stereocenters. The monoisotopic (exact) mass is 255 g/mol. The Hall–Kier alpha value is -1.01. The summed E-state index contributed by atoms with van der Waals surface area (Å²) in [6.45, 7) is 0.232. The maximum atomic E-state index is 10.4. The minimum Gasteiger partial charge on any atom is -0.760 e. The van der Waals surface area contributed by atoms with Gasteiger partial charge in [-0.2, -0.15) is 0 Å². The molecule has 4 nitrogen and oxygen atoms in total. The number of nitrogens with one attached hydrogen (secondary N) is 1. The highest BCUT2D eigenvalue weighted by Gasteiger charge is 2.04. The van der Waals surface area contributed by atoms with Crippen molar-refractivity contribution < 1.29 is 8.76 Å². The van der Waals surface area contributed by atoms with Gasteiger partial charge in [0.05, 0.1) is 10.5 Å². The zero-order valence-electron chi connectivity index (χ0n) is 8.14. The second-order valence-electron chi connectivity index (χ2n) is 3.16. The third-order valence-corrected chi connectivity index (χ3v) is 2.88. The van der Waals surface area contributed by atoms with Crippen LogP contribution in [0, 0.1) is 0 Å². The van der Waals surface area contributed by atoms with Crippen LogP contribution in [0.3, 0.4) is 0 Å². The van der Waals surface area contributed by atoms with E-state index in [1.165, 1.54) is 0 Å². The Bertz CT molecular complexity index is 547. The van der Waals surface area contributed by atoms with E-state index >= 15 is 0 Å². The summed E-state index contributed by atoms with van der Waals surface area (Å²) in [7, 11) is 0. The average Bonchev–Trinajstić information content (AvgIpc) is 2.28. The van der Waals surface area contributed by atoms with Crippen LogP contribution in [0.2, 0.25) is 5.02 Å². The highest BCUT2D eigenvalue weighted by atomic mass is 35.5. The van der Waals surface area contributed by atoms with E-state index < -0.39 is 11.3 Å². The fourth-order valence-electron chi connectivity index (χ4n) is 1.49. The fraction of sp³-hybridized carbons (Fsp3) is 0.100.